The van der Waals surface area contributed by atoms with Gasteiger partial charge in [0.25, 0.3) is 5.69 Å². The Bertz CT molecular complexity index is 989. The second-order valence-electron chi connectivity index (χ2n) is 7.50. The van der Waals surface area contributed by atoms with Crippen LogP contribution in [0.4, 0.5) is 22.7 Å². The van der Waals surface area contributed by atoms with Crippen LogP contribution in [0.3, 0.4) is 0 Å². The van der Waals surface area contributed by atoms with Crippen LogP contribution in [-0.2, 0) is 6.54 Å². The zero-order valence-electron chi connectivity index (χ0n) is 17.0. The van der Waals surface area contributed by atoms with Crippen LogP contribution in [-0.4, -0.2) is 48.0 Å². The first-order chi connectivity index (χ1) is 14.6. The average Bonchev–Trinajstić information content (AvgIpc) is 2.79. The molecule has 0 saturated carbocycles. The van der Waals surface area contributed by atoms with E-state index in [0.29, 0.717) is 12.2 Å². The molecule has 0 N–H and O–H groups in total. The number of nitro benzene ring substituents is 1. The summed E-state index contributed by atoms with van der Waals surface area (Å²) in [4.78, 5) is 22.4. The number of hydrogen-bond acceptors (Lipinski definition) is 6. The zero-order chi connectivity index (χ0) is 20.9. The summed E-state index contributed by atoms with van der Waals surface area (Å²) >= 11 is 0. The van der Waals surface area contributed by atoms with E-state index in [9.17, 15) is 10.1 Å². The first-order valence-corrected chi connectivity index (χ1v) is 10.1. The fourth-order valence-electron chi connectivity index (χ4n) is 3.74. The molecule has 7 nitrogen and oxygen atoms in total. The van der Waals surface area contributed by atoms with Crippen molar-refractivity contribution in [1.29, 1.82) is 0 Å². The van der Waals surface area contributed by atoms with Gasteiger partial charge in [0, 0.05) is 50.7 Å². The minimum atomic E-state index is -0.308. The summed E-state index contributed by atoms with van der Waals surface area (Å²) in [6.45, 7) is 4.27. The molecular weight excluding hydrogens is 378 g/mol. The van der Waals surface area contributed by atoms with Crippen LogP contribution >= 0.6 is 0 Å². The number of piperazine rings is 1. The molecule has 0 spiro atoms. The van der Waals surface area contributed by atoms with E-state index in [1.807, 2.05) is 59.5 Å². The molecule has 30 heavy (non-hydrogen) atoms. The van der Waals surface area contributed by atoms with Crippen LogP contribution in [0, 0.1) is 10.1 Å². The highest BCUT2D eigenvalue weighted by atomic mass is 16.6. The molecule has 0 unspecified atom stereocenters. The molecule has 2 heterocycles. The largest absolute Gasteiger partial charge is 0.369 e. The molecule has 0 aliphatic carbocycles. The molecule has 0 amide bonds. The molecule has 1 fully saturated rings. The minimum Gasteiger partial charge on any atom is -0.369 e. The predicted molar refractivity (Wildman–Crippen MR) is 119 cm³/mol. The highest BCUT2D eigenvalue weighted by Crippen LogP contribution is 2.38. The number of aromatic nitrogens is 1. The van der Waals surface area contributed by atoms with Gasteiger partial charge in [0.15, 0.2) is 0 Å². The van der Waals surface area contributed by atoms with Crippen molar-refractivity contribution in [3.63, 3.8) is 0 Å². The Morgan fingerprint density at radius 3 is 2.47 bits per heavy atom. The predicted octanol–water partition coefficient (Wildman–Crippen LogP) is 4.08. The molecule has 1 aliphatic heterocycles. The van der Waals surface area contributed by atoms with Crippen molar-refractivity contribution in [2.45, 2.75) is 6.54 Å². The molecular formula is C23H25N5O2. The summed E-state index contributed by atoms with van der Waals surface area (Å²) < 4.78 is 0. The van der Waals surface area contributed by atoms with E-state index in [4.69, 9.17) is 0 Å². The lowest BCUT2D eigenvalue weighted by molar-refractivity contribution is -0.384. The normalized spacial score (nSPS) is 14.5. The van der Waals surface area contributed by atoms with Crippen molar-refractivity contribution in [1.82, 2.24) is 9.88 Å². The van der Waals surface area contributed by atoms with Crippen LogP contribution < -0.4 is 9.80 Å². The molecule has 4 rings (SSSR count). The van der Waals surface area contributed by atoms with Gasteiger partial charge in [0.1, 0.15) is 5.69 Å². The van der Waals surface area contributed by atoms with Gasteiger partial charge in [0.2, 0.25) is 0 Å². The molecule has 154 valence electrons. The number of hydrogen-bond donors (Lipinski definition) is 0. The van der Waals surface area contributed by atoms with Crippen LogP contribution in [0.2, 0.25) is 0 Å². The molecule has 1 aromatic heterocycles. The van der Waals surface area contributed by atoms with Gasteiger partial charge in [0.05, 0.1) is 16.8 Å². The topological polar surface area (TPSA) is 65.8 Å². The van der Waals surface area contributed by atoms with E-state index < -0.39 is 0 Å². The smallest absolute Gasteiger partial charge is 0.293 e. The van der Waals surface area contributed by atoms with E-state index in [-0.39, 0.29) is 10.6 Å². The molecule has 2 aromatic carbocycles. The standard InChI is InChI=1S/C23H25N5O2/c1-25-12-14-26(15-13-25)20-9-10-22(28(29)30)23(16-20)27(21-8-5-11-24-17-21)18-19-6-3-2-4-7-19/h2-11,16-17H,12-15,18H2,1H3. The fourth-order valence-corrected chi connectivity index (χ4v) is 3.74. The van der Waals surface area contributed by atoms with Crippen LogP contribution in [0.1, 0.15) is 5.56 Å². The SMILES string of the molecule is CN1CCN(c2ccc([N+](=O)[O-])c(N(Cc3ccccc3)c3cccnc3)c2)CC1. The second-order valence-corrected chi connectivity index (χ2v) is 7.50. The number of nitrogens with zero attached hydrogens (tertiary/aromatic N) is 5. The van der Waals surface area contributed by atoms with Gasteiger partial charge in [-0.1, -0.05) is 30.3 Å². The molecule has 0 bridgehead atoms. The number of nitro groups is 1. The molecule has 0 radical (unpaired) electrons. The lowest BCUT2D eigenvalue weighted by atomic mass is 10.1. The van der Waals surface area contributed by atoms with Crippen molar-refractivity contribution < 1.29 is 4.92 Å². The molecule has 0 atom stereocenters. The summed E-state index contributed by atoms with van der Waals surface area (Å²) in [7, 11) is 2.11. The molecule has 1 saturated heterocycles. The molecule has 1 aliphatic rings. The maximum atomic E-state index is 11.9. The summed E-state index contributed by atoms with van der Waals surface area (Å²) in [5, 5.41) is 11.9. The average molecular weight is 403 g/mol. The molecule has 3 aromatic rings. The third-order valence-corrected chi connectivity index (χ3v) is 5.46. The number of anilines is 3. The van der Waals surface area contributed by atoms with Crippen molar-refractivity contribution in [2.75, 3.05) is 43.0 Å². The summed E-state index contributed by atoms with van der Waals surface area (Å²) in [5.74, 6) is 0. The zero-order valence-corrected chi connectivity index (χ0v) is 17.0. The first-order valence-electron chi connectivity index (χ1n) is 10.1. The van der Waals surface area contributed by atoms with E-state index in [2.05, 4.69) is 21.8 Å². The highest BCUT2D eigenvalue weighted by molar-refractivity contribution is 5.76. The van der Waals surface area contributed by atoms with E-state index >= 15 is 0 Å². The third-order valence-electron chi connectivity index (χ3n) is 5.46. The Morgan fingerprint density at radius 1 is 1.03 bits per heavy atom. The highest BCUT2D eigenvalue weighted by Gasteiger charge is 2.24. The van der Waals surface area contributed by atoms with Crippen molar-refractivity contribution in [3.8, 4) is 0 Å². The first kappa shape index (κ1) is 19.8. The lowest BCUT2D eigenvalue weighted by Gasteiger charge is -2.34. The summed E-state index contributed by atoms with van der Waals surface area (Å²) in [6, 6.07) is 19.2. The van der Waals surface area contributed by atoms with Crippen LogP contribution in [0.25, 0.3) is 0 Å². The number of benzene rings is 2. The van der Waals surface area contributed by atoms with E-state index in [1.165, 1.54) is 0 Å². The Morgan fingerprint density at radius 2 is 1.80 bits per heavy atom. The maximum Gasteiger partial charge on any atom is 0.293 e. The Balaban J connectivity index is 1.77. The van der Waals surface area contributed by atoms with Crippen LogP contribution in [0.5, 0.6) is 0 Å². The second kappa shape index (κ2) is 8.92. The quantitative estimate of drug-likeness (QED) is 0.456. The van der Waals surface area contributed by atoms with Crippen molar-refractivity contribution in [3.05, 3.63) is 88.7 Å². The van der Waals surface area contributed by atoms with Gasteiger partial charge in [-0.05, 0) is 36.9 Å². The van der Waals surface area contributed by atoms with Gasteiger partial charge in [-0.25, -0.2) is 0 Å². The Kier molecular flexibility index (Phi) is 5.90. The van der Waals surface area contributed by atoms with Gasteiger partial charge >= 0.3 is 0 Å². The van der Waals surface area contributed by atoms with Gasteiger partial charge in [-0.2, -0.15) is 0 Å². The van der Waals surface area contributed by atoms with Gasteiger partial charge in [-0.15, -0.1) is 0 Å². The number of likely N-dealkylation sites (N-methyl/N-ethyl adjacent to an activating group) is 1. The van der Waals surface area contributed by atoms with Gasteiger partial charge in [-0.3, -0.25) is 15.1 Å². The van der Waals surface area contributed by atoms with Crippen LogP contribution in [0.15, 0.2) is 73.1 Å². The number of rotatable bonds is 6. The van der Waals surface area contributed by atoms with E-state index in [1.54, 1.807) is 18.5 Å². The molecule has 7 heteroatoms. The van der Waals surface area contributed by atoms with Gasteiger partial charge < -0.3 is 14.7 Å². The lowest BCUT2D eigenvalue weighted by Crippen LogP contribution is -2.44. The summed E-state index contributed by atoms with van der Waals surface area (Å²) in [5.41, 5.74) is 3.56. The minimum absolute atomic E-state index is 0.0904. The third kappa shape index (κ3) is 4.41. The Hall–Kier alpha value is -3.45. The Labute approximate surface area is 176 Å². The van der Waals surface area contributed by atoms with Crippen molar-refractivity contribution in [2.24, 2.45) is 0 Å². The fraction of sp³-hybridized carbons (Fsp3) is 0.261. The number of pyridine rings is 1. The van der Waals surface area contributed by atoms with Crippen molar-refractivity contribution >= 4 is 22.7 Å². The van der Waals surface area contributed by atoms with E-state index in [0.717, 1.165) is 43.1 Å². The maximum absolute atomic E-state index is 11.9. The summed E-state index contributed by atoms with van der Waals surface area (Å²) in [6.07, 6.45) is 3.45. The monoisotopic (exact) mass is 403 g/mol.